The molecule has 1 aliphatic rings. The number of rotatable bonds is 7. The van der Waals surface area contributed by atoms with E-state index in [1.807, 2.05) is 6.92 Å². The maximum absolute atomic E-state index is 12.2. The van der Waals surface area contributed by atoms with Gasteiger partial charge in [0.2, 0.25) is 0 Å². The van der Waals surface area contributed by atoms with Crippen molar-refractivity contribution in [2.24, 2.45) is 0 Å². The highest BCUT2D eigenvalue weighted by atomic mass is 16.3. The smallest absolute Gasteiger partial charge is 0.261 e. The second-order valence-corrected chi connectivity index (χ2v) is 6.11. The van der Waals surface area contributed by atoms with Crippen LogP contribution >= 0.6 is 0 Å². The van der Waals surface area contributed by atoms with Gasteiger partial charge in [0, 0.05) is 18.8 Å². The Kier molecular flexibility index (Phi) is 5.09. The average molecular weight is 339 g/mol. The first-order chi connectivity index (χ1) is 12.1. The number of aromatic hydroxyl groups is 1. The van der Waals surface area contributed by atoms with Crippen molar-refractivity contribution in [3.8, 4) is 5.75 Å². The van der Waals surface area contributed by atoms with Gasteiger partial charge in [-0.25, -0.2) is 0 Å². The van der Waals surface area contributed by atoms with Crippen LogP contribution in [0.2, 0.25) is 0 Å². The third kappa shape index (κ3) is 3.69. The van der Waals surface area contributed by atoms with Gasteiger partial charge in [0.25, 0.3) is 11.8 Å². The fraction of sp³-hybridized carbons (Fsp3) is 0.316. The van der Waals surface area contributed by atoms with Crippen molar-refractivity contribution in [2.45, 2.75) is 26.3 Å². The Hall–Kier alpha value is -2.73. The summed E-state index contributed by atoms with van der Waals surface area (Å²) in [5.41, 5.74) is 2.47. The van der Waals surface area contributed by atoms with E-state index in [1.165, 1.54) is 4.90 Å². The second-order valence-electron chi connectivity index (χ2n) is 6.11. The second kappa shape index (κ2) is 7.44. The lowest BCUT2D eigenvalue weighted by Gasteiger charge is -2.13. The molecule has 1 aliphatic heterocycles. The van der Waals surface area contributed by atoms with Gasteiger partial charge in [0.15, 0.2) is 0 Å². The number of carbonyl (C=O) groups excluding carboxylic acids is 2. The third-order valence-electron chi connectivity index (χ3n) is 4.25. The number of nitrogens with zero attached hydrogens (tertiary/aromatic N) is 2. The Balaban J connectivity index is 1.42. The largest absolute Gasteiger partial charge is 0.506 e. The highest BCUT2D eigenvalue weighted by Crippen LogP contribution is 2.22. The zero-order valence-electron chi connectivity index (χ0n) is 14.2. The number of aryl methyl sites for hydroxylation is 1. The van der Waals surface area contributed by atoms with Gasteiger partial charge in [0.05, 0.1) is 16.8 Å². The molecule has 0 unspecified atom stereocenters. The Morgan fingerprint density at radius 3 is 2.40 bits per heavy atom. The summed E-state index contributed by atoms with van der Waals surface area (Å²) >= 11 is 0. The summed E-state index contributed by atoms with van der Waals surface area (Å²) in [5.74, 6) is -0.228. The number of fused-ring (bicyclic) bond motifs is 1. The van der Waals surface area contributed by atoms with Gasteiger partial charge in [-0.2, -0.15) is 0 Å². The molecule has 25 heavy (non-hydrogen) atoms. The molecule has 0 aliphatic carbocycles. The number of nitrogens with one attached hydrogen (secondary N) is 1. The summed E-state index contributed by atoms with van der Waals surface area (Å²) < 4.78 is 0. The molecule has 3 rings (SSSR count). The van der Waals surface area contributed by atoms with Crippen molar-refractivity contribution in [3.63, 3.8) is 0 Å². The lowest BCUT2D eigenvalue weighted by molar-refractivity contribution is 0.0651. The zero-order valence-corrected chi connectivity index (χ0v) is 14.2. The van der Waals surface area contributed by atoms with Crippen LogP contribution in [-0.4, -0.2) is 39.9 Å². The molecular formula is C19H21N3O3. The maximum Gasteiger partial charge on any atom is 0.261 e. The SMILES string of the molecule is Cc1ccc(O)c(CNCCCCN2C(=O)c3ccccc3C2=O)n1. The standard InChI is InChI=1S/C19H21N3O3/c1-13-8-9-17(23)16(21-13)12-20-10-4-5-11-22-18(24)14-6-2-3-7-15(14)19(22)25/h2-3,6-9,20,23H,4-5,10-12H2,1H3. The quantitative estimate of drug-likeness (QED) is 0.597. The van der Waals surface area contributed by atoms with Gasteiger partial charge >= 0.3 is 0 Å². The molecule has 0 fully saturated rings. The fourth-order valence-electron chi connectivity index (χ4n) is 2.90. The molecule has 0 bridgehead atoms. The minimum Gasteiger partial charge on any atom is -0.506 e. The third-order valence-corrected chi connectivity index (χ3v) is 4.25. The average Bonchev–Trinajstić information content (AvgIpc) is 2.86. The number of hydrogen-bond donors (Lipinski definition) is 2. The van der Waals surface area contributed by atoms with Crippen molar-refractivity contribution in [1.82, 2.24) is 15.2 Å². The van der Waals surface area contributed by atoms with E-state index in [4.69, 9.17) is 0 Å². The molecule has 2 amide bonds. The molecule has 6 heteroatoms. The summed E-state index contributed by atoms with van der Waals surface area (Å²) in [7, 11) is 0. The minimum absolute atomic E-state index is 0.184. The van der Waals surface area contributed by atoms with Crippen LogP contribution in [0.15, 0.2) is 36.4 Å². The molecule has 0 saturated heterocycles. The van der Waals surface area contributed by atoms with E-state index in [9.17, 15) is 14.7 Å². The fourth-order valence-corrected chi connectivity index (χ4v) is 2.90. The van der Waals surface area contributed by atoms with Crippen LogP contribution < -0.4 is 5.32 Å². The highest BCUT2D eigenvalue weighted by Gasteiger charge is 2.34. The molecule has 6 nitrogen and oxygen atoms in total. The van der Waals surface area contributed by atoms with Gasteiger partial charge < -0.3 is 10.4 Å². The zero-order chi connectivity index (χ0) is 17.8. The van der Waals surface area contributed by atoms with Crippen molar-refractivity contribution in [1.29, 1.82) is 0 Å². The number of amides is 2. The Bertz CT molecular complexity index is 769. The molecule has 130 valence electrons. The monoisotopic (exact) mass is 339 g/mol. The van der Waals surface area contributed by atoms with Crippen LogP contribution in [0.1, 0.15) is 44.9 Å². The van der Waals surface area contributed by atoms with Crippen molar-refractivity contribution in [3.05, 3.63) is 58.9 Å². The number of pyridine rings is 1. The number of carbonyl (C=O) groups is 2. The van der Waals surface area contributed by atoms with Gasteiger partial charge in [0.1, 0.15) is 5.75 Å². The molecule has 0 saturated carbocycles. The predicted octanol–water partition coefficient (Wildman–Crippen LogP) is 2.26. The van der Waals surface area contributed by atoms with Crippen molar-refractivity contribution < 1.29 is 14.7 Å². The first-order valence-corrected chi connectivity index (χ1v) is 8.39. The normalized spacial score (nSPS) is 13.4. The molecule has 1 aromatic heterocycles. The summed E-state index contributed by atoms with van der Waals surface area (Å²) in [5, 5.41) is 13.0. The lowest BCUT2D eigenvalue weighted by Crippen LogP contribution is -2.31. The Morgan fingerprint density at radius 2 is 1.72 bits per heavy atom. The van der Waals surface area contributed by atoms with Crippen molar-refractivity contribution >= 4 is 11.8 Å². The van der Waals surface area contributed by atoms with Crippen LogP contribution in [0.5, 0.6) is 5.75 Å². The van der Waals surface area contributed by atoms with E-state index in [0.717, 1.165) is 25.1 Å². The van der Waals surface area contributed by atoms with Crippen LogP contribution in [0.25, 0.3) is 0 Å². The Morgan fingerprint density at radius 1 is 1.04 bits per heavy atom. The van der Waals surface area contributed by atoms with E-state index in [1.54, 1.807) is 36.4 Å². The maximum atomic E-state index is 12.2. The summed E-state index contributed by atoms with van der Waals surface area (Å²) in [6.45, 7) is 3.51. The van der Waals surface area contributed by atoms with Gasteiger partial charge in [-0.15, -0.1) is 0 Å². The topological polar surface area (TPSA) is 82.5 Å². The van der Waals surface area contributed by atoms with E-state index in [2.05, 4.69) is 10.3 Å². The summed E-state index contributed by atoms with van der Waals surface area (Å²) in [6, 6.07) is 10.3. The van der Waals surface area contributed by atoms with Crippen LogP contribution in [0, 0.1) is 6.92 Å². The van der Waals surface area contributed by atoms with Crippen LogP contribution in [0.4, 0.5) is 0 Å². The number of imide groups is 1. The van der Waals surface area contributed by atoms with E-state index >= 15 is 0 Å². The molecule has 0 spiro atoms. The van der Waals surface area contributed by atoms with Gasteiger partial charge in [-0.3, -0.25) is 19.5 Å². The first kappa shape index (κ1) is 17.1. The lowest BCUT2D eigenvalue weighted by atomic mass is 10.1. The van der Waals surface area contributed by atoms with Crippen molar-refractivity contribution in [2.75, 3.05) is 13.1 Å². The van der Waals surface area contributed by atoms with Crippen LogP contribution in [0.3, 0.4) is 0 Å². The molecule has 0 atom stereocenters. The van der Waals surface area contributed by atoms with Crippen LogP contribution in [-0.2, 0) is 6.54 Å². The number of unbranched alkanes of at least 4 members (excludes halogenated alkanes) is 1. The summed E-state index contributed by atoms with van der Waals surface area (Å²) in [6.07, 6.45) is 1.55. The highest BCUT2D eigenvalue weighted by molar-refractivity contribution is 6.21. The number of benzene rings is 1. The van der Waals surface area contributed by atoms with E-state index < -0.39 is 0 Å². The van der Waals surface area contributed by atoms with E-state index in [-0.39, 0.29) is 17.6 Å². The molecule has 2 N–H and O–H groups in total. The van der Waals surface area contributed by atoms with Gasteiger partial charge in [-0.05, 0) is 50.6 Å². The Labute approximate surface area is 146 Å². The molecule has 1 aromatic carbocycles. The minimum atomic E-state index is -0.206. The molecule has 2 heterocycles. The predicted molar refractivity (Wildman–Crippen MR) is 93.4 cm³/mol. The molecule has 2 aromatic rings. The molecule has 0 radical (unpaired) electrons. The number of hydrogen-bond acceptors (Lipinski definition) is 5. The summed E-state index contributed by atoms with van der Waals surface area (Å²) in [4.78, 5) is 30.1. The van der Waals surface area contributed by atoms with Gasteiger partial charge in [-0.1, -0.05) is 12.1 Å². The number of aromatic nitrogens is 1. The van der Waals surface area contributed by atoms with E-state index in [0.29, 0.717) is 29.9 Å². The molecular weight excluding hydrogens is 318 g/mol. The first-order valence-electron chi connectivity index (χ1n) is 8.39.